The molecule has 214 valence electrons. The van der Waals surface area contributed by atoms with Crippen molar-refractivity contribution in [2.75, 3.05) is 5.32 Å². The van der Waals surface area contributed by atoms with E-state index in [1.807, 2.05) is 30.3 Å². The summed E-state index contributed by atoms with van der Waals surface area (Å²) in [5.41, 5.74) is 1.68. The zero-order valence-corrected chi connectivity index (χ0v) is 24.7. The summed E-state index contributed by atoms with van der Waals surface area (Å²) in [5, 5.41) is 8.11. The standard InChI is InChI=1S/C30H31Cl3N6O2/c31-23-8-4-7-21(13-23)18-41-30-37-27(16-28(38-30)39-12-11-34-19-39)36-26(14-20-5-2-1-3-6-20)29(40)35-17-22-9-10-24(32)15-25(22)33/h4,7-13,15-16,19-20,26H,1-3,5-6,14,17-18H2,(H,35,40)(H,36,37,38). The molecule has 2 aromatic carbocycles. The van der Waals surface area contributed by atoms with E-state index < -0.39 is 6.04 Å². The van der Waals surface area contributed by atoms with Gasteiger partial charge in [0.2, 0.25) is 5.91 Å². The molecule has 1 atom stereocenters. The summed E-state index contributed by atoms with van der Waals surface area (Å²) in [5.74, 6) is 1.35. The van der Waals surface area contributed by atoms with Crippen molar-refractivity contribution in [1.82, 2.24) is 24.8 Å². The summed E-state index contributed by atoms with van der Waals surface area (Å²) >= 11 is 18.5. The van der Waals surface area contributed by atoms with Crippen LogP contribution in [0, 0.1) is 5.92 Å². The van der Waals surface area contributed by atoms with Crippen molar-refractivity contribution in [2.45, 2.75) is 57.7 Å². The van der Waals surface area contributed by atoms with Crippen LogP contribution in [0.15, 0.2) is 67.3 Å². The van der Waals surface area contributed by atoms with E-state index in [0.29, 0.717) is 39.0 Å². The molecule has 0 bridgehead atoms. The largest absolute Gasteiger partial charge is 0.458 e. The second kappa shape index (κ2) is 14.0. The number of rotatable bonds is 11. The molecule has 2 N–H and O–H groups in total. The first-order chi connectivity index (χ1) is 19.9. The van der Waals surface area contributed by atoms with Crippen molar-refractivity contribution in [2.24, 2.45) is 5.92 Å². The van der Waals surface area contributed by atoms with Gasteiger partial charge in [0.25, 0.3) is 0 Å². The van der Waals surface area contributed by atoms with Gasteiger partial charge >= 0.3 is 6.01 Å². The molecule has 1 fully saturated rings. The zero-order valence-electron chi connectivity index (χ0n) is 22.4. The molecule has 8 nitrogen and oxygen atoms in total. The number of ether oxygens (including phenoxy) is 1. The van der Waals surface area contributed by atoms with Crippen molar-refractivity contribution in [3.63, 3.8) is 0 Å². The molecule has 1 amide bonds. The lowest BCUT2D eigenvalue weighted by Gasteiger charge is -2.27. The molecule has 2 aromatic heterocycles. The maximum Gasteiger partial charge on any atom is 0.320 e. The number of halogens is 3. The lowest BCUT2D eigenvalue weighted by molar-refractivity contribution is -0.122. The van der Waals surface area contributed by atoms with Crippen molar-refractivity contribution in [3.05, 3.63) is 93.4 Å². The van der Waals surface area contributed by atoms with Gasteiger partial charge in [-0.3, -0.25) is 9.36 Å². The zero-order chi connectivity index (χ0) is 28.6. The smallest absolute Gasteiger partial charge is 0.320 e. The summed E-state index contributed by atoms with van der Waals surface area (Å²) < 4.78 is 7.73. The molecule has 0 saturated heterocycles. The first-order valence-electron chi connectivity index (χ1n) is 13.7. The second-order valence-electron chi connectivity index (χ2n) is 10.2. The Balaban J connectivity index is 1.37. The number of amides is 1. The summed E-state index contributed by atoms with van der Waals surface area (Å²) in [4.78, 5) is 26.9. The number of hydrogen-bond donors (Lipinski definition) is 2. The number of carbonyl (C=O) groups is 1. The van der Waals surface area contributed by atoms with Crippen LogP contribution in [0.1, 0.15) is 49.7 Å². The quantitative estimate of drug-likeness (QED) is 0.185. The van der Waals surface area contributed by atoms with E-state index in [2.05, 4.69) is 25.6 Å². The van der Waals surface area contributed by atoms with Gasteiger partial charge in [0.05, 0.1) is 0 Å². The highest BCUT2D eigenvalue weighted by Crippen LogP contribution is 2.29. The first-order valence-corrected chi connectivity index (χ1v) is 14.8. The molecule has 1 unspecified atom stereocenters. The molecular weight excluding hydrogens is 583 g/mol. The Kier molecular flexibility index (Phi) is 9.98. The van der Waals surface area contributed by atoms with Gasteiger partial charge < -0.3 is 15.4 Å². The van der Waals surface area contributed by atoms with Crippen LogP contribution in [0.5, 0.6) is 6.01 Å². The monoisotopic (exact) mass is 612 g/mol. The SMILES string of the molecule is O=C(NCc1ccc(Cl)cc1Cl)C(CC1CCCCC1)Nc1cc(-n2ccnc2)nc(OCc2cccc(Cl)c2)n1. The lowest BCUT2D eigenvalue weighted by atomic mass is 9.84. The Hall–Kier alpha value is -3.33. The minimum absolute atomic E-state index is 0.134. The molecule has 11 heteroatoms. The number of aromatic nitrogens is 4. The molecule has 1 aliphatic rings. The van der Waals surface area contributed by atoms with E-state index in [9.17, 15) is 4.79 Å². The Morgan fingerprint density at radius 1 is 1.02 bits per heavy atom. The molecule has 5 rings (SSSR count). The van der Waals surface area contributed by atoms with Crippen LogP contribution in [0.2, 0.25) is 15.1 Å². The van der Waals surface area contributed by atoms with Crippen LogP contribution in [-0.2, 0) is 17.9 Å². The first kappa shape index (κ1) is 29.2. The van der Waals surface area contributed by atoms with Crippen molar-refractivity contribution in [3.8, 4) is 11.8 Å². The van der Waals surface area contributed by atoms with E-state index in [0.717, 1.165) is 24.0 Å². The van der Waals surface area contributed by atoms with Crippen LogP contribution in [0.4, 0.5) is 5.82 Å². The number of nitrogens with zero attached hydrogens (tertiary/aromatic N) is 4. The van der Waals surface area contributed by atoms with E-state index in [1.54, 1.807) is 41.5 Å². The average molecular weight is 614 g/mol. The molecule has 0 aliphatic heterocycles. The van der Waals surface area contributed by atoms with E-state index in [4.69, 9.17) is 39.5 Å². The van der Waals surface area contributed by atoms with Crippen LogP contribution < -0.4 is 15.4 Å². The van der Waals surface area contributed by atoms with Gasteiger partial charge in [0.15, 0.2) is 0 Å². The summed E-state index contributed by atoms with van der Waals surface area (Å²) in [6.45, 7) is 0.525. The third-order valence-electron chi connectivity index (χ3n) is 7.12. The fourth-order valence-electron chi connectivity index (χ4n) is 4.99. The van der Waals surface area contributed by atoms with Gasteiger partial charge in [-0.15, -0.1) is 0 Å². The van der Waals surface area contributed by atoms with Crippen molar-refractivity contribution in [1.29, 1.82) is 0 Å². The van der Waals surface area contributed by atoms with E-state index in [-0.39, 0.29) is 25.1 Å². The van der Waals surface area contributed by atoms with Crippen LogP contribution in [0.3, 0.4) is 0 Å². The van der Waals surface area contributed by atoms with Gasteiger partial charge in [0.1, 0.15) is 30.6 Å². The van der Waals surface area contributed by atoms with Gasteiger partial charge in [-0.1, -0.05) is 85.1 Å². The van der Waals surface area contributed by atoms with E-state index >= 15 is 0 Å². The Labute approximate surface area is 254 Å². The lowest BCUT2D eigenvalue weighted by Crippen LogP contribution is -2.41. The number of benzene rings is 2. The number of carbonyl (C=O) groups excluding carboxylic acids is 1. The predicted molar refractivity (Wildman–Crippen MR) is 162 cm³/mol. The summed E-state index contributed by atoms with van der Waals surface area (Å²) in [6.07, 6.45) is 11.6. The van der Waals surface area contributed by atoms with Crippen molar-refractivity contribution >= 4 is 46.5 Å². The van der Waals surface area contributed by atoms with Gasteiger partial charge in [-0.2, -0.15) is 9.97 Å². The second-order valence-corrected chi connectivity index (χ2v) is 11.5. The maximum atomic E-state index is 13.6. The number of nitrogens with one attached hydrogen (secondary N) is 2. The highest BCUT2D eigenvalue weighted by atomic mass is 35.5. The van der Waals surface area contributed by atoms with Gasteiger partial charge in [0, 0.05) is 40.1 Å². The highest BCUT2D eigenvalue weighted by molar-refractivity contribution is 6.35. The summed E-state index contributed by atoms with van der Waals surface area (Å²) in [7, 11) is 0. The number of anilines is 1. The molecular formula is C30H31Cl3N6O2. The summed E-state index contributed by atoms with van der Waals surface area (Å²) in [6, 6.07) is 14.1. The maximum absolute atomic E-state index is 13.6. The van der Waals surface area contributed by atoms with Gasteiger partial charge in [-0.25, -0.2) is 4.98 Å². The van der Waals surface area contributed by atoms with Crippen molar-refractivity contribution < 1.29 is 9.53 Å². The molecule has 1 aliphatic carbocycles. The van der Waals surface area contributed by atoms with E-state index in [1.165, 1.54) is 19.3 Å². The normalized spacial score (nSPS) is 14.4. The third-order valence-corrected chi connectivity index (χ3v) is 7.94. The fourth-order valence-corrected chi connectivity index (χ4v) is 5.68. The van der Waals surface area contributed by atoms with Crippen LogP contribution in [0.25, 0.3) is 5.82 Å². The average Bonchev–Trinajstić information content (AvgIpc) is 3.51. The molecule has 0 radical (unpaired) electrons. The Morgan fingerprint density at radius 3 is 2.61 bits per heavy atom. The number of imidazole rings is 1. The third kappa shape index (κ3) is 8.35. The number of hydrogen-bond acceptors (Lipinski definition) is 6. The topological polar surface area (TPSA) is 94.0 Å². The Morgan fingerprint density at radius 2 is 1.85 bits per heavy atom. The van der Waals surface area contributed by atoms with Gasteiger partial charge in [-0.05, 0) is 47.7 Å². The fraction of sp³-hybridized carbons (Fsp3) is 0.333. The molecule has 0 spiro atoms. The molecule has 1 saturated carbocycles. The minimum Gasteiger partial charge on any atom is -0.458 e. The van der Waals surface area contributed by atoms with Crippen LogP contribution in [-0.4, -0.2) is 31.5 Å². The molecule has 4 aromatic rings. The van der Waals surface area contributed by atoms with Crippen LogP contribution >= 0.6 is 34.8 Å². The molecule has 41 heavy (non-hydrogen) atoms. The minimum atomic E-state index is -0.518. The molecule has 2 heterocycles. The highest BCUT2D eigenvalue weighted by Gasteiger charge is 2.25. The Bertz CT molecular complexity index is 1460. The predicted octanol–water partition coefficient (Wildman–Crippen LogP) is 7.27.